The quantitative estimate of drug-likeness (QED) is 0.608. The summed E-state index contributed by atoms with van der Waals surface area (Å²) in [5, 5.41) is 21.5. The second kappa shape index (κ2) is 4.36. The van der Waals surface area contributed by atoms with E-state index < -0.39 is 22.2 Å². The molecule has 0 aliphatic heterocycles. The number of hydrogen-bond donors (Lipinski definition) is 2. The second-order valence-corrected chi connectivity index (χ2v) is 4.49. The number of anilines is 1. The smallest absolute Gasteiger partial charge is 0.409 e. The number of nitrogens with zero attached hydrogens (tertiary/aromatic N) is 2. The molecule has 0 aliphatic rings. The summed E-state index contributed by atoms with van der Waals surface area (Å²) >= 11 is 0. The zero-order valence-corrected chi connectivity index (χ0v) is 9.72. The van der Waals surface area contributed by atoms with Gasteiger partial charge in [0, 0.05) is 0 Å². The Balaban J connectivity index is 3.45. The molecule has 0 saturated heterocycles. The van der Waals surface area contributed by atoms with E-state index in [1.165, 1.54) is 6.20 Å². The molecule has 0 fully saturated rings. The monoisotopic (exact) mass is 239 g/mol. The Kier molecular flexibility index (Phi) is 3.31. The molecular weight excluding hydrogens is 226 g/mol. The van der Waals surface area contributed by atoms with Crippen molar-refractivity contribution in [2.24, 2.45) is 0 Å². The van der Waals surface area contributed by atoms with Crippen molar-refractivity contribution in [1.29, 1.82) is 0 Å². The maximum Gasteiger partial charge on any atom is 0.409 e. The summed E-state index contributed by atoms with van der Waals surface area (Å²) in [5.74, 6) is -0.486. The third-order valence-corrected chi connectivity index (χ3v) is 2.14. The molecule has 2 N–H and O–H groups in total. The number of carboxylic acid groups (broad SMARTS) is 1. The van der Waals surface area contributed by atoms with Gasteiger partial charge < -0.3 is 15.2 Å². The molecule has 0 unspecified atom stereocenters. The van der Waals surface area contributed by atoms with Gasteiger partial charge in [0.25, 0.3) is 0 Å². The van der Waals surface area contributed by atoms with Crippen LogP contribution < -0.4 is 5.32 Å². The lowest BCUT2D eigenvalue weighted by molar-refractivity contribution is -0.388. The van der Waals surface area contributed by atoms with E-state index in [-0.39, 0.29) is 5.69 Å². The van der Waals surface area contributed by atoms with E-state index in [2.05, 4.69) is 4.98 Å². The molecule has 0 bridgehead atoms. The van der Waals surface area contributed by atoms with Gasteiger partial charge in [0.2, 0.25) is 0 Å². The molecule has 7 nitrogen and oxygen atoms in total. The third-order valence-electron chi connectivity index (χ3n) is 2.14. The largest absolute Gasteiger partial charge is 0.465 e. The highest BCUT2D eigenvalue weighted by Crippen LogP contribution is 2.34. The normalized spacial score (nSPS) is 11.0. The molecule has 92 valence electrons. The minimum Gasteiger partial charge on any atom is -0.465 e. The number of amides is 1. The van der Waals surface area contributed by atoms with Gasteiger partial charge in [-0.15, -0.1) is 0 Å². The third kappa shape index (κ3) is 2.90. The summed E-state index contributed by atoms with van der Waals surface area (Å²) in [4.78, 5) is 24.3. The van der Waals surface area contributed by atoms with E-state index in [4.69, 9.17) is 5.11 Å². The highest BCUT2D eigenvalue weighted by molar-refractivity contribution is 5.87. The maximum absolute atomic E-state index is 10.8. The van der Waals surface area contributed by atoms with Crippen molar-refractivity contribution in [3.8, 4) is 0 Å². The van der Waals surface area contributed by atoms with Crippen LogP contribution in [0.3, 0.4) is 0 Å². The fourth-order valence-electron chi connectivity index (χ4n) is 1.44. The minimum atomic E-state index is -1.35. The highest BCUT2D eigenvalue weighted by atomic mass is 16.6. The number of hydrogen-bond acceptors (Lipinski definition) is 4. The lowest BCUT2D eigenvalue weighted by Crippen LogP contribution is -2.19. The van der Waals surface area contributed by atoms with E-state index in [9.17, 15) is 14.9 Å². The molecule has 1 aromatic heterocycles. The van der Waals surface area contributed by atoms with Crippen molar-refractivity contribution in [1.82, 2.24) is 4.98 Å². The highest BCUT2D eigenvalue weighted by Gasteiger charge is 2.27. The number of aromatic nitrogens is 1. The van der Waals surface area contributed by atoms with E-state index in [0.29, 0.717) is 5.56 Å². The lowest BCUT2D eigenvalue weighted by Gasteiger charge is -2.21. The zero-order chi connectivity index (χ0) is 13.2. The van der Waals surface area contributed by atoms with Crippen LogP contribution in [0.1, 0.15) is 26.3 Å². The minimum absolute atomic E-state index is 0.0718. The maximum atomic E-state index is 10.8. The molecular formula is C10H13N3O4. The average molecular weight is 239 g/mol. The van der Waals surface area contributed by atoms with Gasteiger partial charge in [-0.1, -0.05) is 20.8 Å². The van der Waals surface area contributed by atoms with Gasteiger partial charge in [-0.2, -0.15) is 0 Å². The summed E-state index contributed by atoms with van der Waals surface area (Å²) in [6.07, 6.45) is -0.0576. The predicted octanol–water partition coefficient (Wildman–Crippen LogP) is 2.38. The van der Waals surface area contributed by atoms with Crippen LogP contribution in [-0.4, -0.2) is 21.1 Å². The summed E-state index contributed by atoms with van der Waals surface area (Å²) in [7, 11) is 0. The van der Waals surface area contributed by atoms with Gasteiger partial charge in [0.1, 0.15) is 11.9 Å². The fourth-order valence-corrected chi connectivity index (χ4v) is 1.44. The summed E-state index contributed by atoms with van der Waals surface area (Å²) in [6.45, 7) is 5.50. The van der Waals surface area contributed by atoms with Crippen molar-refractivity contribution in [2.45, 2.75) is 26.2 Å². The topological polar surface area (TPSA) is 105 Å². The predicted molar refractivity (Wildman–Crippen MR) is 61.2 cm³/mol. The molecule has 1 amide bonds. The number of pyridine rings is 1. The number of nitrogens with one attached hydrogen (secondary N) is 1. The summed E-state index contributed by atoms with van der Waals surface area (Å²) in [6, 6.07) is 1.57. The van der Waals surface area contributed by atoms with Gasteiger partial charge in [0.05, 0.1) is 0 Å². The summed E-state index contributed by atoms with van der Waals surface area (Å²) < 4.78 is 0. The second-order valence-electron chi connectivity index (χ2n) is 4.49. The molecule has 7 heteroatoms. The first-order valence-electron chi connectivity index (χ1n) is 4.87. The molecule has 0 spiro atoms. The SMILES string of the molecule is CC(C)(C)c1ccnc([N+](=O)[O-])c1NC(=O)O. The van der Waals surface area contributed by atoms with Crippen LogP contribution in [0.15, 0.2) is 12.3 Å². The fraction of sp³-hybridized carbons (Fsp3) is 0.400. The van der Waals surface area contributed by atoms with Crippen molar-refractivity contribution in [3.63, 3.8) is 0 Å². The Labute approximate surface area is 97.6 Å². The lowest BCUT2D eigenvalue weighted by atomic mass is 9.86. The van der Waals surface area contributed by atoms with Crippen LogP contribution in [-0.2, 0) is 5.41 Å². The van der Waals surface area contributed by atoms with E-state index >= 15 is 0 Å². The Hall–Kier alpha value is -2.18. The van der Waals surface area contributed by atoms with E-state index in [1.54, 1.807) is 6.07 Å². The molecule has 1 rings (SSSR count). The van der Waals surface area contributed by atoms with Crippen molar-refractivity contribution in [2.75, 3.05) is 5.32 Å². The molecule has 17 heavy (non-hydrogen) atoms. The van der Waals surface area contributed by atoms with Crippen LogP contribution in [0, 0.1) is 10.1 Å². The van der Waals surface area contributed by atoms with Gasteiger partial charge in [-0.25, -0.2) is 4.79 Å². The molecule has 0 aromatic carbocycles. The van der Waals surface area contributed by atoms with Crippen molar-refractivity contribution >= 4 is 17.6 Å². The van der Waals surface area contributed by atoms with E-state index in [0.717, 1.165) is 0 Å². The standard InChI is InChI=1S/C10H13N3O4/c1-10(2,3)6-4-5-11-8(13(16)17)7(6)12-9(14)15/h4-5,12H,1-3H3,(H,14,15). The van der Waals surface area contributed by atoms with Crippen LogP contribution in [0.25, 0.3) is 0 Å². The van der Waals surface area contributed by atoms with E-state index in [1.807, 2.05) is 26.1 Å². The zero-order valence-electron chi connectivity index (χ0n) is 9.72. The molecule has 0 radical (unpaired) electrons. The van der Waals surface area contributed by atoms with Gasteiger partial charge in [0.15, 0.2) is 0 Å². The first-order chi connectivity index (χ1) is 7.73. The number of rotatable bonds is 2. The Morgan fingerprint density at radius 2 is 2.12 bits per heavy atom. The Morgan fingerprint density at radius 1 is 1.53 bits per heavy atom. The van der Waals surface area contributed by atoms with Crippen molar-refractivity contribution < 1.29 is 14.8 Å². The van der Waals surface area contributed by atoms with Gasteiger partial charge in [-0.05, 0) is 27.0 Å². The average Bonchev–Trinajstić information content (AvgIpc) is 2.14. The number of carbonyl (C=O) groups is 1. The van der Waals surface area contributed by atoms with Crippen LogP contribution in [0.5, 0.6) is 0 Å². The Morgan fingerprint density at radius 3 is 2.53 bits per heavy atom. The Bertz CT molecular complexity index is 465. The molecule has 0 aliphatic carbocycles. The molecule has 0 atom stereocenters. The first-order valence-corrected chi connectivity index (χ1v) is 4.87. The van der Waals surface area contributed by atoms with Gasteiger partial charge in [-0.3, -0.25) is 5.32 Å². The van der Waals surface area contributed by atoms with Crippen LogP contribution in [0.4, 0.5) is 16.3 Å². The molecule has 0 saturated carbocycles. The first kappa shape index (κ1) is 12.9. The van der Waals surface area contributed by atoms with Crippen molar-refractivity contribution in [3.05, 3.63) is 27.9 Å². The summed E-state index contributed by atoms with van der Waals surface area (Å²) in [5.41, 5.74) is 0.0324. The van der Waals surface area contributed by atoms with Crippen LogP contribution >= 0.6 is 0 Å². The number of nitro groups is 1. The van der Waals surface area contributed by atoms with Crippen LogP contribution in [0.2, 0.25) is 0 Å². The van der Waals surface area contributed by atoms with Gasteiger partial charge >= 0.3 is 11.9 Å². The molecule has 1 heterocycles. The molecule has 1 aromatic rings.